The summed E-state index contributed by atoms with van der Waals surface area (Å²) in [5.41, 5.74) is 2.14. The van der Waals surface area contributed by atoms with Gasteiger partial charge in [0.2, 0.25) is 0 Å². The molecular formula is C27H25FN2O4. The summed E-state index contributed by atoms with van der Waals surface area (Å²) in [6.07, 6.45) is 0. The van der Waals surface area contributed by atoms with E-state index < -0.39 is 10.9 Å². The largest absolute Gasteiger partial charge is 0.496 e. The van der Waals surface area contributed by atoms with Gasteiger partial charge in [0.1, 0.15) is 17.3 Å². The molecule has 174 valence electrons. The molecule has 0 bridgehead atoms. The zero-order valence-electron chi connectivity index (χ0n) is 19.1. The second-order valence-corrected chi connectivity index (χ2v) is 7.93. The first kappa shape index (κ1) is 23.2. The maximum absolute atomic E-state index is 13.7. The molecule has 34 heavy (non-hydrogen) atoms. The molecule has 0 aromatic heterocycles. The van der Waals surface area contributed by atoms with Gasteiger partial charge in [-0.15, -0.1) is 0 Å². The number of halogens is 1. The molecule has 0 saturated heterocycles. The smallest absolute Gasteiger partial charge is 0.272 e. The highest BCUT2D eigenvalue weighted by Gasteiger charge is 2.24. The fraction of sp³-hybridized carbons (Fsp3) is 0.185. The monoisotopic (exact) mass is 460 g/mol. The van der Waals surface area contributed by atoms with Crippen LogP contribution in [0.4, 0.5) is 15.8 Å². The van der Waals surface area contributed by atoms with E-state index in [-0.39, 0.29) is 29.3 Å². The van der Waals surface area contributed by atoms with Crippen molar-refractivity contribution in [1.82, 2.24) is 5.32 Å². The lowest BCUT2D eigenvalue weighted by atomic mass is 9.95. The third-order valence-electron chi connectivity index (χ3n) is 5.80. The standard InChI is InChI=1S/C27H25FN2O4/c1-16(17-7-5-4-6-8-17)29-23(18-9-11-19(28)12-10-18)21-15-20(13-14-22(21)33-2)30-24-25(31)26(32)27(24)34-3/h4-16,23,29-30H,1-3H3/t16-,23?/m0/s1. The van der Waals surface area contributed by atoms with Gasteiger partial charge < -0.3 is 14.8 Å². The number of hydrogen-bond donors (Lipinski definition) is 2. The molecule has 0 spiro atoms. The van der Waals surface area contributed by atoms with E-state index in [1.807, 2.05) is 36.4 Å². The summed E-state index contributed by atoms with van der Waals surface area (Å²) in [5, 5.41) is 6.61. The van der Waals surface area contributed by atoms with Crippen LogP contribution >= 0.6 is 0 Å². The number of hydrogen-bond acceptors (Lipinski definition) is 6. The summed E-state index contributed by atoms with van der Waals surface area (Å²) < 4.78 is 24.4. The Balaban J connectivity index is 1.75. The Hall–Kier alpha value is -3.97. The van der Waals surface area contributed by atoms with Crippen LogP contribution in [0.1, 0.15) is 35.7 Å². The first-order valence-corrected chi connectivity index (χ1v) is 10.8. The highest BCUT2D eigenvalue weighted by molar-refractivity contribution is 5.71. The Bertz CT molecular complexity index is 1350. The minimum absolute atomic E-state index is 0.00766. The maximum atomic E-state index is 13.7. The number of methoxy groups -OCH3 is 2. The molecule has 0 aliphatic rings. The Labute approximate surface area is 196 Å². The second kappa shape index (κ2) is 9.89. The van der Waals surface area contributed by atoms with Crippen molar-refractivity contribution in [2.24, 2.45) is 0 Å². The fourth-order valence-electron chi connectivity index (χ4n) is 3.97. The maximum Gasteiger partial charge on any atom is 0.272 e. The van der Waals surface area contributed by atoms with Crippen LogP contribution in [0.2, 0.25) is 0 Å². The molecule has 0 aliphatic heterocycles. The van der Waals surface area contributed by atoms with E-state index in [4.69, 9.17) is 9.47 Å². The van der Waals surface area contributed by atoms with E-state index in [0.29, 0.717) is 11.4 Å². The summed E-state index contributed by atoms with van der Waals surface area (Å²) >= 11 is 0. The van der Waals surface area contributed by atoms with Crippen molar-refractivity contribution in [3.05, 3.63) is 116 Å². The lowest BCUT2D eigenvalue weighted by Gasteiger charge is -2.27. The lowest BCUT2D eigenvalue weighted by Crippen LogP contribution is -2.34. The normalized spacial score (nSPS) is 12.8. The van der Waals surface area contributed by atoms with Gasteiger partial charge in [0.05, 0.1) is 20.3 Å². The van der Waals surface area contributed by atoms with Crippen molar-refractivity contribution >= 4 is 11.4 Å². The van der Waals surface area contributed by atoms with Gasteiger partial charge in [0, 0.05) is 17.3 Å². The van der Waals surface area contributed by atoms with Crippen molar-refractivity contribution in [2.75, 3.05) is 19.5 Å². The van der Waals surface area contributed by atoms with Crippen LogP contribution in [0.15, 0.2) is 82.4 Å². The average Bonchev–Trinajstić information content (AvgIpc) is 2.87. The van der Waals surface area contributed by atoms with E-state index in [1.165, 1.54) is 19.2 Å². The van der Waals surface area contributed by atoms with Crippen LogP contribution in [-0.4, -0.2) is 14.2 Å². The molecule has 4 aromatic carbocycles. The van der Waals surface area contributed by atoms with E-state index in [9.17, 15) is 14.0 Å². The Morgan fingerprint density at radius 3 is 2.18 bits per heavy atom. The second-order valence-electron chi connectivity index (χ2n) is 7.93. The van der Waals surface area contributed by atoms with Crippen LogP contribution < -0.4 is 31.0 Å². The molecule has 0 saturated carbocycles. The minimum atomic E-state index is -0.652. The van der Waals surface area contributed by atoms with Gasteiger partial charge in [-0.25, -0.2) is 4.39 Å². The lowest BCUT2D eigenvalue weighted by molar-refractivity contribution is 0.400. The highest BCUT2D eigenvalue weighted by Crippen LogP contribution is 2.35. The van der Waals surface area contributed by atoms with E-state index >= 15 is 0 Å². The van der Waals surface area contributed by atoms with Gasteiger partial charge in [-0.2, -0.15) is 0 Å². The average molecular weight is 461 g/mol. The van der Waals surface area contributed by atoms with Gasteiger partial charge in [-0.1, -0.05) is 42.5 Å². The van der Waals surface area contributed by atoms with Crippen LogP contribution in [-0.2, 0) is 0 Å². The van der Waals surface area contributed by atoms with Crippen LogP contribution in [0, 0.1) is 5.82 Å². The number of rotatable bonds is 9. The predicted octanol–water partition coefficient (Wildman–Crippen LogP) is 4.62. The van der Waals surface area contributed by atoms with E-state index in [0.717, 1.165) is 16.7 Å². The molecule has 0 heterocycles. The topological polar surface area (TPSA) is 76.7 Å². The summed E-state index contributed by atoms with van der Waals surface area (Å²) in [6.45, 7) is 2.05. The van der Waals surface area contributed by atoms with Gasteiger partial charge in [-0.3, -0.25) is 14.9 Å². The van der Waals surface area contributed by atoms with Gasteiger partial charge >= 0.3 is 0 Å². The molecule has 6 nitrogen and oxygen atoms in total. The van der Waals surface area contributed by atoms with Crippen molar-refractivity contribution in [3.8, 4) is 11.5 Å². The molecule has 4 aromatic rings. The summed E-state index contributed by atoms with van der Waals surface area (Å²) in [4.78, 5) is 23.7. The summed E-state index contributed by atoms with van der Waals surface area (Å²) in [6, 6.07) is 21.2. The molecule has 0 radical (unpaired) electrons. The molecule has 0 fully saturated rings. The molecule has 2 N–H and O–H groups in total. The van der Waals surface area contributed by atoms with Gasteiger partial charge in [0.15, 0.2) is 5.75 Å². The highest BCUT2D eigenvalue weighted by atomic mass is 19.1. The van der Waals surface area contributed by atoms with Crippen molar-refractivity contribution in [3.63, 3.8) is 0 Å². The molecule has 0 amide bonds. The number of anilines is 2. The molecular weight excluding hydrogens is 435 g/mol. The zero-order chi connectivity index (χ0) is 24.2. The molecule has 0 aliphatic carbocycles. The van der Waals surface area contributed by atoms with Crippen LogP contribution in [0.3, 0.4) is 0 Å². The Morgan fingerprint density at radius 2 is 1.53 bits per heavy atom. The van der Waals surface area contributed by atoms with E-state index in [1.54, 1.807) is 31.4 Å². The summed E-state index contributed by atoms with van der Waals surface area (Å²) in [5.74, 6) is 0.297. The predicted molar refractivity (Wildman–Crippen MR) is 130 cm³/mol. The Kier molecular flexibility index (Phi) is 6.75. The fourth-order valence-corrected chi connectivity index (χ4v) is 3.97. The summed E-state index contributed by atoms with van der Waals surface area (Å²) in [7, 11) is 2.92. The van der Waals surface area contributed by atoms with Gasteiger partial charge in [-0.05, 0) is 48.4 Å². The number of ether oxygens (including phenoxy) is 2. The quantitative estimate of drug-likeness (QED) is 0.355. The SMILES string of the molecule is COc1ccc(Nc2c(OC)c(=O)c2=O)cc1C(N[C@@H](C)c1ccccc1)c1ccc(F)cc1. The minimum Gasteiger partial charge on any atom is -0.496 e. The van der Waals surface area contributed by atoms with Gasteiger partial charge in [0.25, 0.3) is 10.9 Å². The number of nitrogens with one attached hydrogen (secondary N) is 2. The van der Waals surface area contributed by atoms with Crippen LogP contribution in [0.5, 0.6) is 11.5 Å². The third-order valence-corrected chi connectivity index (χ3v) is 5.80. The first-order chi connectivity index (χ1) is 16.4. The molecule has 1 unspecified atom stereocenters. The first-order valence-electron chi connectivity index (χ1n) is 10.8. The Morgan fingerprint density at radius 1 is 0.824 bits per heavy atom. The molecule has 2 atom stereocenters. The number of benzene rings is 3. The van der Waals surface area contributed by atoms with Crippen molar-refractivity contribution in [1.29, 1.82) is 0 Å². The van der Waals surface area contributed by atoms with Crippen molar-refractivity contribution in [2.45, 2.75) is 19.0 Å². The third kappa shape index (κ3) is 4.56. The van der Waals surface area contributed by atoms with Crippen LogP contribution in [0.25, 0.3) is 0 Å². The zero-order valence-corrected chi connectivity index (χ0v) is 19.1. The van der Waals surface area contributed by atoms with Crippen molar-refractivity contribution < 1.29 is 13.9 Å². The molecule has 4 rings (SSSR count). The van der Waals surface area contributed by atoms with E-state index in [2.05, 4.69) is 17.6 Å². The molecule has 7 heteroatoms.